The summed E-state index contributed by atoms with van der Waals surface area (Å²) in [5.74, 6) is -0.0955. The summed E-state index contributed by atoms with van der Waals surface area (Å²) in [6.07, 6.45) is 0.971. The first-order valence-electron chi connectivity index (χ1n) is 4.96. The lowest BCUT2D eigenvalue weighted by atomic mass is 9.66. The van der Waals surface area contributed by atoms with Crippen molar-refractivity contribution in [3.8, 4) is 0 Å². The van der Waals surface area contributed by atoms with Crippen LogP contribution in [0.4, 0.5) is 0 Å². The van der Waals surface area contributed by atoms with Crippen LogP contribution < -0.4 is 0 Å². The molecule has 0 spiro atoms. The van der Waals surface area contributed by atoms with Crippen LogP contribution >= 0.6 is 0 Å². The van der Waals surface area contributed by atoms with Crippen molar-refractivity contribution in [2.75, 3.05) is 6.61 Å². The fraction of sp³-hybridized carbons (Fsp3) is 0.923. The average Bonchev–Trinajstić information content (AvgIpc) is 2.04. The molecule has 0 radical (unpaired) electrons. The largest absolute Gasteiger partial charge is 0.466 e. The molecule has 0 saturated carbocycles. The van der Waals surface area contributed by atoms with Gasteiger partial charge >= 0.3 is 5.97 Å². The van der Waals surface area contributed by atoms with Crippen molar-refractivity contribution in [1.82, 2.24) is 0 Å². The Bertz CT molecular complexity index is 181. The van der Waals surface area contributed by atoms with Crippen LogP contribution in [0.25, 0.3) is 0 Å². The van der Waals surface area contributed by atoms with E-state index in [1.165, 1.54) is 0 Å². The van der Waals surface area contributed by atoms with Crippen LogP contribution in [0.2, 0.25) is 0 Å². The molecular weight excluding hydrogens is 188 g/mol. The Morgan fingerprint density at radius 1 is 1.07 bits per heavy atom. The molecule has 2 heteroatoms. The highest BCUT2D eigenvalue weighted by Crippen LogP contribution is 2.41. The second kappa shape index (κ2) is 6.86. The molecule has 0 atom stereocenters. The van der Waals surface area contributed by atoms with Gasteiger partial charge in [-0.1, -0.05) is 35.6 Å². The molecule has 0 bridgehead atoms. The first kappa shape index (κ1) is 20.0. The van der Waals surface area contributed by atoms with Crippen molar-refractivity contribution >= 4 is 5.97 Å². The van der Waals surface area contributed by atoms with Crippen LogP contribution in [-0.4, -0.2) is 12.6 Å². The number of carbonyl (C=O) groups is 1. The summed E-state index contributed by atoms with van der Waals surface area (Å²) in [6.45, 7) is 12.5. The predicted molar refractivity (Wildman–Crippen MR) is 67.9 cm³/mol. The van der Waals surface area contributed by atoms with Gasteiger partial charge in [0, 0.05) is 0 Å². The Balaban J connectivity index is -0.000000720. The minimum atomic E-state index is -0.405. The molecule has 0 heterocycles. The van der Waals surface area contributed by atoms with Gasteiger partial charge in [0.15, 0.2) is 0 Å². The molecule has 0 unspecified atom stereocenters. The topological polar surface area (TPSA) is 26.3 Å². The maximum absolute atomic E-state index is 11.6. The molecule has 0 aromatic rings. The number of hydrogen-bond donors (Lipinski definition) is 0. The quantitative estimate of drug-likeness (QED) is 0.658. The summed E-state index contributed by atoms with van der Waals surface area (Å²) in [6, 6.07) is 0. The molecular formula is C13H30O2. The van der Waals surface area contributed by atoms with Crippen LogP contribution in [0.1, 0.15) is 62.8 Å². The summed E-state index contributed by atoms with van der Waals surface area (Å²) in [4.78, 5) is 11.6. The second-order valence-electron chi connectivity index (χ2n) is 4.58. The highest BCUT2D eigenvalue weighted by atomic mass is 16.5. The zero-order valence-corrected chi connectivity index (χ0v) is 9.73. The van der Waals surface area contributed by atoms with Gasteiger partial charge in [-0.25, -0.2) is 0 Å². The minimum Gasteiger partial charge on any atom is -0.466 e. The van der Waals surface area contributed by atoms with Crippen LogP contribution in [0.5, 0.6) is 0 Å². The Labute approximate surface area is 96.4 Å². The Morgan fingerprint density at radius 3 is 1.73 bits per heavy atom. The fourth-order valence-corrected chi connectivity index (χ4v) is 1.03. The summed E-state index contributed by atoms with van der Waals surface area (Å²) in [5, 5.41) is 0. The van der Waals surface area contributed by atoms with Crippen LogP contribution in [0.15, 0.2) is 0 Å². The molecule has 0 aliphatic rings. The van der Waals surface area contributed by atoms with Gasteiger partial charge in [0.25, 0.3) is 0 Å². The SMILES string of the molecule is C.C.CCOC(=O)C(C)(C)C(C)(C)CC. The van der Waals surface area contributed by atoms with Crippen molar-refractivity contribution < 1.29 is 9.53 Å². The monoisotopic (exact) mass is 218 g/mol. The minimum absolute atomic E-state index is 0. The smallest absolute Gasteiger partial charge is 0.312 e. The molecule has 0 fully saturated rings. The van der Waals surface area contributed by atoms with Gasteiger partial charge in [-0.3, -0.25) is 4.79 Å². The van der Waals surface area contributed by atoms with Gasteiger partial charge < -0.3 is 4.74 Å². The van der Waals surface area contributed by atoms with E-state index in [0.29, 0.717) is 6.61 Å². The zero-order chi connectivity index (χ0) is 10.7. The molecule has 0 saturated heterocycles. The fourth-order valence-electron chi connectivity index (χ4n) is 1.03. The van der Waals surface area contributed by atoms with E-state index in [4.69, 9.17) is 4.74 Å². The van der Waals surface area contributed by atoms with Crippen LogP contribution in [0, 0.1) is 10.8 Å². The number of esters is 1. The molecule has 0 aromatic heterocycles. The predicted octanol–water partition coefficient (Wildman–Crippen LogP) is 4.28. The number of hydrogen-bond acceptors (Lipinski definition) is 2. The van der Waals surface area contributed by atoms with Crippen molar-refractivity contribution in [1.29, 1.82) is 0 Å². The van der Waals surface area contributed by atoms with Gasteiger partial charge in [0.05, 0.1) is 12.0 Å². The molecule has 94 valence electrons. The number of rotatable bonds is 4. The van der Waals surface area contributed by atoms with E-state index in [0.717, 1.165) is 6.42 Å². The van der Waals surface area contributed by atoms with Crippen molar-refractivity contribution in [3.05, 3.63) is 0 Å². The molecule has 0 aliphatic carbocycles. The van der Waals surface area contributed by atoms with E-state index in [1.807, 2.05) is 20.8 Å². The van der Waals surface area contributed by atoms with E-state index in [1.54, 1.807) is 0 Å². The van der Waals surface area contributed by atoms with Crippen LogP contribution in [-0.2, 0) is 9.53 Å². The number of carbonyl (C=O) groups excluding carboxylic acids is 1. The molecule has 0 N–H and O–H groups in total. The summed E-state index contributed by atoms with van der Waals surface area (Å²) < 4.78 is 5.06. The van der Waals surface area contributed by atoms with Crippen molar-refractivity contribution in [2.24, 2.45) is 10.8 Å². The molecule has 0 aromatic carbocycles. The lowest BCUT2D eigenvalue weighted by Crippen LogP contribution is -2.40. The highest BCUT2D eigenvalue weighted by molar-refractivity contribution is 5.76. The summed E-state index contributed by atoms with van der Waals surface area (Å²) in [5.41, 5.74) is -0.420. The van der Waals surface area contributed by atoms with E-state index >= 15 is 0 Å². The van der Waals surface area contributed by atoms with E-state index in [9.17, 15) is 4.79 Å². The van der Waals surface area contributed by atoms with Gasteiger partial charge in [-0.15, -0.1) is 0 Å². The van der Waals surface area contributed by atoms with Gasteiger partial charge in [0.2, 0.25) is 0 Å². The summed E-state index contributed by atoms with van der Waals surface area (Å²) >= 11 is 0. The normalized spacial score (nSPS) is 11.1. The highest BCUT2D eigenvalue weighted by Gasteiger charge is 2.42. The van der Waals surface area contributed by atoms with Crippen molar-refractivity contribution in [3.63, 3.8) is 0 Å². The summed E-state index contributed by atoms with van der Waals surface area (Å²) in [7, 11) is 0. The lowest BCUT2D eigenvalue weighted by molar-refractivity contribution is -0.160. The molecule has 0 aliphatic heterocycles. The lowest BCUT2D eigenvalue weighted by Gasteiger charge is -2.38. The second-order valence-corrected chi connectivity index (χ2v) is 4.58. The standard InChI is InChI=1S/C11H22O2.2CH4/c1-7-10(3,4)11(5,6)9(12)13-8-2;;/h7-8H2,1-6H3;2*1H4. The zero-order valence-electron chi connectivity index (χ0n) is 9.73. The maximum atomic E-state index is 11.6. The van der Waals surface area contributed by atoms with Gasteiger partial charge in [-0.2, -0.15) is 0 Å². The van der Waals surface area contributed by atoms with E-state index < -0.39 is 5.41 Å². The van der Waals surface area contributed by atoms with Gasteiger partial charge in [0.1, 0.15) is 0 Å². The van der Waals surface area contributed by atoms with E-state index in [-0.39, 0.29) is 26.2 Å². The molecule has 0 amide bonds. The van der Waals surface area contributed by atoms with E-state index in [2.05, 4.69) is 20.8 Å². The van der Waals surface area contributed by atoms with Crippen LogP contribution in [0.3, 0.4) is 0 Å². The third kappa shape index (κ3) is 4.23. The Hall–Kier alpha value is -0.530. The Morgan fingerprint density at radius 2 is 1.47 bits per heavy atom. The average molecular weight is 218 g/mol. The molecule has 2 nitrogen and oxygen atoms in total. The van der Waals surface area contributed by atoms with Gasteiger partial charge in [-0.05, 0) is 32.6 Å². The van der Waals surface area contributed by atoms with Crippen molar-refractivity contribution in [2.45, 2.75) is 62.8 Å². The first-order chi connectivity index (χ1) is 5.79. The number of ether oxygens (including phenoxy) is 1. The molecule has 15 heavy (non-hydrogen) atoms. The maximum Gasteiger partial charge on any atom is 0.312 e. The third-order valence-electron chi connectivity index (χ3n) is 3.36. The molecule has 0 rings (SSSR count). The first-order valence-corrected chi connectivity index (χ1v) is 4.96. The Kier molecular flexibility index (Phi) is 9.13. The third-order valence-corrected chi connectivity index (χ3v) is 3.36.